The molecule has 0 aliphatic rings. The van der Waals surface area contributed by atoms with Crippen molar-refractivity contribution in [1.82, 2.24) is 4.98 Å². The minimum Gasteiger partial charge on any atom is -0.392 e. The van der Waals surface area contributed by atoms with Gasteiger partial charge in [-0.3, -0.25) is 0 Å². The molecule has 0 fully saturated rings. The molecule has 1 heterocycles. The molecular weight excluding hydrogens is 340 g/mol. The monoisotopic (exact) mass is 354 g/mol. The van der Waals surface area contributed by atoms with E-state index in [2.05, 4.69) is 27.8 Å². The van der Waals surface area contributed by atoms with Crippen molar-refractivity contribution in [3.8, 4) is 0 Å². The van der Waals surface area contributed by atoms with Crippen LogP contribution in [0.15, 0.2) is 41.0 Å². The zero-order valence-electron chi connectivity index (χ0n) is 11.3. The molecule has 1 atom stereocenters. The first kappa shape index (κ1) is 15.3. The molecular formula is C15H16BrClN2O. The van der Waals surface area contributed by atoms with E-state index in [1.807, 2.05) is 42.3 Å². The maximum atomic E-state index is 9.49. The number of aliphatic hydroxyl groups excluding tert-OH is 1. The minimum atomic E-state index is -0.0542. The summed E-state index contributed by atoms with van der Waals surface area (Å²) in [6.07, 6.45) is 1.73. The molecule has 0 saturated carbocycles. The van der Waals surface area contributed by atoms with Crippen LogP contribution in [0, 0.1) is 0 Å². The number of anilines is 1. The van der Waals surface area contributed by atoms with Crippen LogP contribution >= 0.6 is 27.5 Å². The summed E-state index contributed by atoms with van der Waals surface area (Å²) < 4.78 is 0.851. The number of halogens is 2. The summed E-state index contributed by atoms with van der Waals surface area (Å²) >= 11 is 9.61. The second kappa shape index (κ2) is 6.57. The molecule has 0 amide bonds. The molecule has 5 heteroatoms. The smallest absolute Gasteiger partial charge is 0.134 e. The Kier molecular flexibility index (Phi) is 5.02. The molecule has 0 radical (unpaired) electrons. The summed E-state index contributed by atoms with van der Waals surface area (Å²) in [5.41, 5.74) is 1.81. The molecule has 0 spiro atoms. The Morgan fingerprint density at radius 1 is 1.40 bits per heavy atom. The Balaban J connectivity index is 2.36. The molecule has 1 N–H and O–H groups in total. The molecule has 2 rings (SSSR count). The maximum Gasteiger partial charge on any atom is 0.134 e. The lowest BCUT2D eigenvalue weighted by atomic mass is 10.1. The SMILES string of the molecule is CC(c1ccccc1Cl)N(C)c1ncc(Br)cc1CO. The van der Waals surface area contributed by atoms with Crippen molar-refractivity contribution in [2.45, 2.75) is 19.6 Å². The Labute approximate surface area is 132 Å². The standard InChI is InChI=1S/C15H16BrClN2O/c1-10(13-5-3-4-6-14(13)17)19(2)15-11(9-20)7-12(16)8-18-15/h3-8,10,20H,9H2,1-2H3. The van der Waals surface area contributed by atoms with Crippen LogP contribution in [0.1, 0.15) is 24.1 Å². The van der Waals surface area contributed by atoms with Crippen LogP contribution < -0.4 is 4.90 Å². The molecule has 1 aromatic heterocycles. The average molecular weight is 356 g/mol. The first-order valence-electron chi connectivity index (χ1n) is 6.27. The molecule has 2 aromatic rings. The lowest BCUT2D eigenvalue weighted by Gasteiger charge is -2.28. The van der Waals surface area contributed by atoms with Gasteiger partial charge in [0, 0.05) is 28.3 Å². The van der Waals surface area contributed by atoms with Crippen molar-refractivity contribution in [1.29, 1.82) is 0 Å². The summed E-state index contributed by atoms with van der Waals surface area (Å²) in [7, 11) is 1.95. The van der Waals surface area contributed by atoms with Crippen LogP contribution in [-0.4, -0.2) is 17.1 Å². The van der Waals surface area contributed by atoms with Gasteiger partial charge in [0.05, 0.1) is 12.6 Å². The van der Waals surface area contributed by atoms with Crippen LogP contribution in [0.3, 0.4) is 0 Å². The largest absolute Gasteiger partial charge is 0.392 e. The predicted molar refractivity (Wildman–Crippen MR) is 86.1 cm³/mol. The van der Waals surface area contributed by atoms with Gasteiger partial charge >= 0.3 is 0 Å². The van der Waals surface area contributed by atoms with Crippen molar-refractivity contribution < 1.29 is 5.11 Å². The van der Waals surface area contributed by atoms with Crippen molar-refractivity contribution in [3.05, 3.63) is 57.2 Å². The molecule has 0 bridgehead atoms. The zero-order valence-corrected chi connectivity index (χ0v) is 13.7. The van der Waals surface area contributed by atoms with Crippen molar-refractivity contribution in [2.75, 3.05) is 11.9 Å². The normalized spacial score (nSPS) is 12.2. The predicted octanol–water partition coefficient (Wildman–Crippen LogP) is 4.19. The van der Waals surface area contributed by atoms with Crippen molar-refractivity contribution >= 4 is 33.3 Å². The fourth-order valence-corrected chi connectivity index (χ4v) is 2.79. The lowest BCUT2D eigenvalue weighted by Crippen LogP contribution is -2.24. The summed E-state index contributed by atoms with van der Waals surface area (Å²) in [6, 6.07) is 9.69. The number of nitrogens with zero attached hydrogens (tertiary/aromatic N) is 2. The number of rotatable bonds is 4. The topological polar surface area (TPSA) is 36.4 Å². The van der Waals surface area contributed by atoms with E-state index in [4.69, 9.17) is 11.6 Å². The number of hydrogen-bond acceptors (Lipinski definition) is 3. The van der Waals surface area contributed by atoms with Crippen LogP contribution in [0.2, 0.25) is 5.02 Å². The first-order chi connectivity index (χ1) is 9.54. The van der Waals surface area contributed by atoms with Gasteiger partial charge in [0.15, 0.2) is 0 Å². The molecule has 1 aromatic carbocycles. The van der Waals surface area contributed by atoms with Crippen LogP contribution in [0.4, 0.5) is 5.82 Å². The van der Waals surface area contributed by atoms with Crippen LogP contribution in [-0.2, 0) is 6.61 Å². The highest BCUT2D eigenvalue weighted by molar-refractivity contribution is 9.10. The molecule has 1 unspecified atom stereocenters. The Hall–Kier alpha value is -1.10. The van der Waals surface area contributed by atoms with E-state index in [0.29, 0.717) is 0 Å². The van der Waals surface area contributed by atoms with E-state index < -0.39 is 0 Å². The Morgan fingerprint density at radius 3 is 2.75 bits per heavy atom. The fraction of sp³-hybridized carbons (Fsp3) is 0.267. The quantitative estimate of drug-likeness (QED) is 0.893. The van der Waals surface area contributed by atoms with Gasteiger partial charge in [0.2, 0.25) is 0 Å². The lowest BCUT2D eigenvalue weighted by molar-refractivity contribution is 0.281. The first-order valence-corrected chi connectivity index (χ1v) is 7.44. The van der Waals surface area contributed by atoms with Gasteiger partial charge in [-0.15, -0.1) is 0 Å². The molecule has 106 valence electrons. The highest BCUT2D eigenvalue weighted by atomic mass is 79.9. The Bertz CT molecular complexity index is 606. The third-order valence-electron chi connectivity index (χ3n) is 3.35. The number of aromatic nitrogens is 1. The van der Waals surface area contributed by atoms with Crippen LogP contribution in [0.5, 0.6) is 0 Å². The van der Waals surface area contributed by atoms with Gasteiger partial charge in [0.1, 0.15) is 5.82 Å². The van der Waals surface area contributed by atoms with E-state index in [1.165, 1.54) is 0 Å². The third-order valence-corrected chi connectivity index (χ3v) is 4.13. The minimum absolute atomic E-state index is 0.0542. The molecule has 0 aliphatic heterocycles. The second-order valence-electron chi connectivity index (χ2n) is 4.60. The van der Waals surface area contributed by atoms with Gasteiger partial charge < -0.3 is 10.0 Å². The van der Waals surface area contributed by atoms with Gasteiger partial charge in [-0.1, -0.05) is 29.8 Å². The summed E-state index contributed by atoms with van der Waals surface area (Å²) in [5.74, 6) is 0.753. The number of hydrogen-bond donors (Lipinski definition) is 1. The third kappa shape index (κ3) is 3.14. The van der Waals surface area contributed by atoms with Gasteiger partial charge in [0.25, 0.3) is 0 Å². The maximum absolute atomic E-state index is 9.49. The summed E-state index contributed by atoms with van der Waals surface area (Å²) in [5, 5.41) is 10.2. The van der Waals surface area contributed by atoms with E-state index in [-0.39, 0.29) is 12.6 Å². The van der Waals surface area contributed by atoms with Crippen LogP contribution in [0.25, 0.3) is 0 Å². The highest BCUT2D eigenvalue weighted by Gasteiger charge is 2.18. The molecule has 0 saturated heterocycles. The zero-order chi connectivity index (χ0) is 14.7. The van der Waals surface area contributed by atoms with E-state index in [9.17, 15) is 5.11 Å². The molecule has 20 heavy (non-hydrogen) atoms. The number of benzene rings is 1. The van der Waals surface area contributed by atoms with Gasteiger partial charge in [-0.2, -0.15) is 0 Å². The van der Waals surface area contributed by atoms with Gasteiger partial charge in [-0.25, -0.2) is 4.98 Å². The number of aliphatic hydroxyl groups is 1. The van der Waals surface area contributed by atoms with E-state index >= 15 is 0 Å². The van der Waals surface area contributed by atoms with E-state index in [1.54, 1.807) is 6.20 Å². The highest BCUT2D eigenvalue weighted by Crippen LogP contribution is 2.31. The summed E-state index contributed by atoms with van der Waals surface area (Å²) in [4.78, 5) is 6.41. The molecule has 0 aliphatic carbocycles. The molecule has 3 nitrogen and oxygen atoms in total. The second-order valence-corrected chi connectivity index (χ2v) is 5.93. The van der Waals surface area contributed by atoms with Crippen molar-refractivity contribution in [3.63, 3.8) is 0 Å². The van der Waals surface area contributed by atoms with E-state index in [0.717, 1.165) is 26.4 Å². The van der Waals surface area contributed by atoms with Gasteiger partial charge in [-0.05, 0) is 40.5 Å². The summed E-state index contributed by atoms with van der Waals surface area (Å²) in [6.45, 7) is 2.01. The average Bonchev–Trinajstić information content (AvgIpc) is 2.46. The Morgan fingerprint density at radius 2 is 2.10 bits per heavy atom. The van der Waals surface area contributed by atoms with Crippen molar-refractivity contribution in [2.24, 2.45) is 0 Å². The fourth-order valence-electron chi connectivity index (χ4n) is 2.11. The number of pyridine rings is 1.